The van der Waals surface area contributed by atoms with Crippen LogP contribution in [-0.4, -0.2) is 45.4 Å². The van der Waals surface area contributed by atoms with Gasteiger partial charge in [-0.05, 0) is 47.1 Å². The Morgan fingerprint density at radius 1 is 0.923 bits per heavy atom. The van der Waals surface area contributed by atoms with Crippen molar-refractivity contribution in [2.75, 3.05) is 0 Å². The number of benzene rings is 1. The minimum Gasteiger partial charge on any atom is -0.480 e. The largest absolute Gasteiger partial charge is 0.480 e. The summed E-state index contributed by atoms with van der Waals surface area (Å²) >= 11 is 0. The molecule has 0 spiro atoms. The first-order valence-electron chi connectivity index (χ1n) is 8.32. The average Bonchev–Trinajstić information content (AvgIpc) is 2.43. The van der Waals surface area contributed by atoms with E-state index in [1.165, 1.54) is 0 Å². The van der Waals surface area contributed by atoms with E-state index >= 15 is 0 Å². The first kappa shape index (κ1) is 21.5. The maximum absolute atomic E-state index is 12.6. The number of hydrogen-bond donors (Lipinski definition) is 1. The highest BCUT2D eigenvalue weighted by molar-refractivity contribution is 5.93. The van der Waals surface area contributed by atoms with Gasteiger partial charge in [-0.15, -0.1) is 0 Å². The molecule has 0 aliphatic carbocycles. The van der Waals surface area contributed by atoms with Gasteiger partial charge in [-0.3, -0.25) is 0 Å². The molecule has 1 N–H and O–H groups in total. The molecule has 0 bridgehead atoms. The number of rotatable bonds is 4. The maximum atomic E-state index is 12.6. The first-order valence-corrected chi connectivity index (χ1v) is 8.32. The lowest BCUT2D eigenvalue weighted by atomic mass is 10.1. The minimum absolute atomic E-state index is 0.0609. The quantitative estimate of drug-likeness (QED) is 0.871. The predicted molar refractivity (Wildman–Crippen MR) is 95.9 cm³/mol. The molecule has 2 amide bonds. The van der Waals surface area contributed by atoms with Crippen molar-refractivity contribution in [2.24, 2.45) is 0 Å². The summed E-state index contributed by atoms with van der Waals surface area (Å²) in [6, 6.07) is 7.27. The van der Waals surface area contributed by atoms with Crippen molar-refractivity contribution in [2.45, 2.75) is 65.2 Å². The second-order valence-corrected chi connectivity index (χ2v) is 7.87. The lowest BCUT2D eigenvalue weighted by Gasteiger charge is -2.31. The highest BCUT2D eigenvalue weighted by Gasteiger charge is 2.40. The second kappa shape index (κ2) is 8.21. The van der Waals surface area contributed by atoms with Gasteiger partial charge in [0.05, 0.1) is 0 Å². The van der Waals surface area contributed by atoms with Crippen molar-refractivity contribution < 1.29 is 29.0 Å². The molecule has 0 aromatic heterocycles. The van der Waals surface area contributed by atoms with Crippen LogP contribution in [0.5, 0.6) is 0 Å². The van der Waals surface area contributed by atoms with Crippen LogP contribution in [0.15, 0.2) is 30.3 Å². The fraction of sp³-hybridized carbons (Fsp3) is 0.526. The van der Waals surface area contributed by atoms with E-state index in [-0.39, 0.29) is 6.42 Å². The second-order valence-electron chi connectivity index (χ2n) is 7.87. The number of hydrogen-bond acceptors (Lipinski definition) is 5. The summed E-state index contributed by atoms with van der Waals surface area (Å²) in [5.41, 5.74) is -1.13. The van der Waals surface area contributed by atoms with Gasteiger partial charge in [0, 0.05) is 6.42 Å². The third-order valence-corrected chi connectivity index (χ3v) is 3.05. The zero-order chi connectivity index (χ0) is 20.1. The molecule has 1 rings (SSSR count). The predicted octanol–water partition coefficient (Wildman–Crippen LogP) is 3.85. The van der Waals surface area contributed by atoms with Crippen LogP contribution in [0, 0.1) is 0 Å². The van der Waals surface area contributed by atoms with E-state index in [0.29, 0.717) is 10.5 Å². The molecule has 7 nitrogen and oxygen atoms in total. The van der Waals surface area contributed by atoms with Gasteiger partial charge in [-0.2, -0.15) is 4.90 Å². The van der Waals surface area contributed by atoms with Gasteiger partial charge < -0.3 is 14.6 Å². The molecule has 26 heavy (non-hydrogen) atoms. The van der Waals surface area contributed by atoms with Crippen LogP contribution in [0.1, 0.15) is 47.1 Å². The Hall–Kier alpha value is -2.57. The van der Waals surface area contributed by atoms with Crippen LogP contribution in [-0.2, 0) is 20.7 Å². The fourth-order valence-corrected chi connectivity index (χ4v) is 2.08. The summed E-state index contributed by atoms with van der Waals surface area (Å²) in [5.74, 6) is -1.33. The molecular formula is C19H27NO6. The Morgan fingerprint density at radius 3 is 1.69 bits per heavy atom. The molecule has 0 aliphatic rings. The number of carboxylic acids is 1. The van der Waals surface area contributed by atoms with Gasteiger partial charge in [0.15, 0.2) is 0 Å². The Balaban J connectivity index is 3.22. The summed E-state index contributed by atoms with van der Waals surface area (Å²) in [5, 5.41) is 9.64. The molecule has 0 heterocycles. The van der Waals surface area contributed by atoms with E-state index < -0.39 is 35.4 Å². The van der Waals surface area contributed by atoms with Crippen LogP contribution in [0.3, 0.4) is 0 Å². The van der Waals surface area contributed by atoms with E-state index in [4.69, 9.17) is 9.47 Å². The third-order valence-electron chi connectivity index (χ3n) is 3.05. The van der Waals surface area contributed by atoms with E-state index in [2.05, 4.69) is 0 Å². The molecule has 0 radical (unpaired) electrons. The van der Waals surface area contributed by atoms with Crippen LogP contribution in [0.25, 0.3) is 0 Å². The summed E-state index contributed by atoms with van der Waals surface area (Å²) in [6.07, 6.45) is -2.18. The minimum atomic E-state index is -1.46. The highest BCUT2D eigenvalue weighted by atomic mass is 16.6. The first-order chi connectivity index (χ1) is 11.8. The van der Waals surface area contributed by atoms with E-state index in [0.717, 1.165) is 0 Å². The van der Waals surface area contributed by atoms with Crippen LogP contribution in [0.4, 0.5) is 9.59 Å². The van der Waals surface area contributed by atoms with Gasteiger partial charge in [0.1, 0.15) is 17.2 Å². The number of ether oxygens (including phenoxy) is 2. The van der Waals surface area contributed by atoms with Crippen molar-refractivity contribution in [1.82, 2.24) is 4.90 Å². The SMILES string of the molecule is CC(C)(C)OC(=O)N(C(=O)OC(C)(C)C)[C@@H](Cc1ccccc1)C(=O)O. The molecule has 0 fully saturated rings. The van der Waals surface area contributed by atoms with Crippen molar-refractivity contribution in [3.63, 3.8) is 0 Å². The smallest absolute Gasteiger partial charge is 0.420 e. The number of carbonyl (C=O) groups excluding carboxylic acids is 2. The van der Waals surface area contributed by atoms with Crippen molar-refractivity contribution in [3.8, 4) is 0 Å². The topological polar surface area (TPSA) is 93.1 Å². The molecular weight excluding hydrogens is 338 g/mol. The van der Waals surface area contributed by atoms with Gasteiger partial charge in [-0.25, -0.2) is 14.4 Å². The Bertz CT molecular complexity index is 614. The number of nitrogens with zero attached hydrogens (tertiary/aromatic N) is 1. The van der Waals surface area contributed by atoms with E-state index in [1.807, 2.05) is 0 Å². The van der Waals surface area contributed by atoms with Crippen molar-refractivity contribution in [1.29, 1.82) is 0 Å². The maximum Gasteiger partial charge on any atom is 0.420 e. The lowest BCUT2D eigenvalue weighted by molar-refractivity contribution is -0.143. The van der Waals surface area contributed by atoms with E-state index in [1.54, 1.807) is 71.9 Å². The number of amides is 2. The Morgan fingerprint density at radius 2 is 1.35 bits per heavy atom. The van der Waals surface area contributed by atoms with Crippen molar-refractivity contribution >= 4 is 18.2 Å². The molecule has 0 unspecified atom stereocenters. The zero-order valence-electron chi connectivity index (χ0n) is 16.1. The highest BCUT2D eigenvalue weighted by Crippen LogP contribution is 2.19. The monoisotopic (exact) mass is 365 g/mol. The zero-order valence-corrected chi connectivity index (χ0v) is 16.1. The molecule has 0 saturated carbocycles. The molecule has 1 aromatic carbocycles. The standard InChI is InChI=1S/C19H27NO6/c1-18(2,3)25-16(23)20(17(24)26-19(4,5)6)14(15(21)22)12-13-10-8-7-9-11-13/h7-11,14H,12H2,1-6H3,(H,21,22)/t14-/m0/s1. The fourth-order valence-electron chi connectivity index (χ4n) is 2.08. The average molecular weight is 365 g/mol. The molecule has 7 heteroatoms. The summed E-state index contributed by atoms with van der Waals surface area (Å²) in [6.45, 7) is 9.78. The number of carbonyl (C=O) groups is 3. The van der Waals surface area contributed by atoms with Crippen molar-refractivity contribution in [3.05, 3.63) is 35.9 Å². The number of imide groups is 1. The van der Waals surface area contributed by atoms with Gasteiger partial charge in [0.25, 0.3) is 0 Å². The van der Waals surface area contributed by atoms with Gasteiger partial charge in [0.2, 0.25) is 0 Å². The Kier molecular flexibility index (Phi) is 6.78. The van der Waals surface area contributed by atoms with Gasteiger partial charge in [-0.1, -0.05) is 30.3 Å². The summed E-state index contributed by atoms with van der Waals surface area (Å²) in [7, 11) is 0. The Labute approximate surface area is 153 Å². The molecule has 0 saturated heterocycles. The number of aliphatic carboxylic acids is 1. The molecule has 1 aromatic rings. The third kappa shape index (κ3) is 7.13. The lowest BCUT2D eigenvalue weighted by Crippen LogP contribution is -2.52. The molecule has 0 aliphatic heterocycles. The summed E-state index contributed by atoms with van der Waals surface area (Å²) in [4.78, 5) is 37.5. The summed E-state index contributed by atoms with van der Waals surface area (Å²) < 4.78 is 10.5. The van der Waals surface area contributed by atoms with Crippen LogP contribution < -0.4 is 0 Å². The van der Waals surface area contributed by atoms with Crippen LogP contribution >= 0.6 is 0 Å². The number of carboxylic acid groups (broad SMARTS) is 1. The van der Waals surface area contributed by atoms with Gasteiger partial charge >= 0.3 is 18.2 Å². The molecule has 144 valence electrons. The van der Waals surface area contributed by atoms with Crippen LogP contribution in [0.2, 0.25) is 0 Å². The normalized spacial score (nSPS) is 12.8. The van der Waals surface area contributed by atoms with E-state index in [9.17, 15) is 19.5 Å². The molecule has 1 atom stereocenters.